The Morgan fingerprint density at radius 2 is 0.744 bits per heavy atom. The molecule has 1 aliphatic heterocycles. The number of amides is 2. The van der Waals surface area contributed by atoms with Gasteiger partial charge in [-0.2, -0.15) is 0 Å². The normalized spacial score (nSPS) is 13.2. The van der Waals surface area contributed by atoms with Crippen molar-refractivity contribution in [1.82, 2.24) is 14.1 Å². The van der Waals surface area contributed by atoms with Crippen LogP contribution < -0.4 is 4.90 Å². The Morgan fingerprint density at radius 3 is 1.12 bits per heavy atom. The number of carbonyl (C=O) groups is 2. The maximum Gasteiger partial charge on any atom is 0.266 e. The second-order valence-corrected chi connectivity index (χ2v) is 10.8. The molecular formula is C37H22N4O2. The van der Waals surface area contributed by atoms with Crippen molar-refractivity contribution >= 4 is 61.1 Å². The molecule has 6 heteroatoms. The fourth-order valence-electron chi connectivity index (χ4n) is 6.74. The van der Waals surface area contributed by atoms with Gasteiger partial charge in [0.05, 0.1) is 57.0 Å². The highest BCUT2D eigenvalue weighted by molar-refractivity contribution is 6.35. The van der Waals surface area contributed by atoms with Crippen LogP contribution in [-0.2, 0) is 0 Å². The highest BCUT2D eigenvalue weighted by Crippen LogP contribution is 2.43. The fraction of sp³-hybridized carbons (Fsp3) is 0. The molecule has 0 saturated heterocycles. The number of carbonyl (C=O) groups excluding carboxylic acids is 2. The van der Waals surface area contributed by atoms with Gasteiger partial charge in [0.25, 0.3) is 11.8 Å². The van der Waals surface area contributed by atoms with Crippen molar-refractivity contribution in [2.24, 2.45) is 0 Å². The van der Waals surface area contributed by atoms with Gasteiger partial charge in [-0.05, 0) is 36.4 Å². The standard InChI is InChI=1S/C37H22N4O2/c42-36-27-15-1-2-16-28(27)37(43)41(36)35-33(39-29-17-7-3-11-23(29)24-12-4-8-18-30(24)39)21-38-22-34(35)40-31-19-9-5-13-25(31)26-14-6-10-20-32(26)40/h1-22H. The van der Waals surface area contributed by atoms with Gasteiger partial charge in [-0.3, -0.25) is 14.6 Å². The smallest absolute Gasteiger partial charge is 0.266 e. The Bertz CT molecular complexity index is 2190. The Balaban J connectivity index is 1.46. The number of fused-ring (bicyclic) bond motifs is 7. The first-order chi connectivity index (χ1) is 21.2. The molecule has 0 fully saturated rings. The van der Waals surface area contributed by atoms with E-state index in [2.05, 4.69) is 57.7 Å². The summed E-state index contributed by atoms with van der Waals surface area (Å²) in [7, 11) is 0. The van der Waals surface area contributed by atoms with Crippen LogP contribution in [0, 0.1) is 0 Å². The van der Waals surface area contributed by atoms with Crippen LogP contribution in [0.15, 0.2) is 134 Å². The molecule has 1 aliphatic rings. The summed E-state index contributed by atoms with van der Waals surface area (Å²) in [6.07, 6.45) is 3.52. The summed E-state index contributed by atoms with van der Waals surface area (Å²) in [6, 6.07) is 39.8. The Labute approximate surface area is 245 Å². The zero-order valence-electron chi connectivity index (χ0n) is 22.8. The molecule has 8 aromatic rings. The second-order valence-electron chi connectivity index (χ2n) is 10.8. The third-order valence-corrected chi connectivity index (χ3v) is 8.54. The van der Waals surface area contributed by atoms with Gasteiger partial charge in [-0.1, -0.05) is 84.9 Å². The molecule has 0 saturated carbocycles. The monoisotopic (exact) mass is 554 g/mol. The summed E-state index contributed by atoms with van der Waals surface area (Å²) in [5, 5.41) is 4.31. The first-order valence-corrected chi connectivity index (χ1v) is 14.2. The van der Waals surface area contributed by atoms with Gasteiger partial charge in [0.1, 0.15) is 5.69 Å². The predicted molar refractivity (Wildman–Crippen MR) is 170 cm³/mol. The summed E-state index contributed by atoms with van der Waals surface area (Å²) in [5.41, 5.74) is 6.41. The Morgan fingerprint density at radius 1 is 0.419 bits per heavy atom. The lowest BCUT2D eigenvalue weighted by Gasteiger charge is -2.24. The van der Waals surface area contributed by atoms with E-state index in [-0.39, 0.29) is 11.8 Å². The van der Waals surface area contributed by atoms with E-state index < -0.39 is 0 Å². The number of pyridine rings is 1. The first-order valence-electron chi connectivity index (χ1n) is 14.2. The van der Waals surface area contributed by atoms with Gasteiger partial charge in [-0.25, -0.2) is 4.90 Å². The van der Waals surface area contributed by atoms with Gasteiger partial charge >= 0.3 is 0 Å². The summed E-state index contributed by atoms with van der Waals surface area (Å²) >= 11 is 0. The molecule has 0 bridgehead atoms. The third-order valence-electron chi connectivity index (χ3n) is 8.54. The third kappa shape index (κ3) is 3.14. The number of hydrogen-bond acceptors (Lipinski definition) is 3. The number of aromatic nitrogens is 3. The molecule has 0 radical (unpaired) electrons. The van der Waals surface area contributed by atoms with Crippen LogP contribution in [0.1, 0.15) is 20.7 Å². The molecule has 4 heterocycles. The zero-order chi connectivity index (χ0) is 28.7. The fourth-order valence-corrected chi connectivity index (χ4v) is 6.74. The molecule has 0 unspecified atom stereocenters. The van der Waals surface area contributed by atoms with Crippen molar-refractivity contribution in [2.75, 3.05) is 4.90 Å². The van der Waals surface area contributed by atoms with Crippen molar-refractivity contribution in [2.45, 2.75) is 0 Å². The molecule has 202 valence electrons. The van der Waals surface area contributed by atoms with Crippen LogP contribution in [0.3, 0.4) is 0 Å². The van der Waals surface area contributed by atoms with E-state index in [1.165, 1.54) is 4.90 Å². The molecule has 0 aliphatic carbocycles. The average Bonchev–Trinajstić information content (AvgIpc) is 3.66. The van der Waals surface area contributed by atoms with Gasteiger partial charge < -0.3 is 9.13 Å². The van der Waals surface area contributed by atoms with Crippen LogP contribution in [-0.4, -0.2) is 25.9 Å². The van der Waals surface area contributed by atoms with Crippen LogP contribution in [0.4, 0.5) is 5.69 Å². The lowest BCUT2D eigenvalue weighted by Crippen LogP contribution is -2.31. The summed E-state index contributed by atoms with van der Waals surface area (Å²) in [5.74, 6) is -0.702. The van der Waals surface area contributed by atoms with Crippen LogP contribution in [0.5, 0.6) is 0 Å². The number of nitrogens with zero attached hydrogens (tertiary/aromatic N) is 4. The highest BCUT2D eigenvalue weighted by atomic mass is 16.2. The SMILES string of the molecule is O=C1c2ccccc2C(=O)N1c1c(-n2c3ccccc3c3ccccc32)cncc1-n1c2ccccc2c2ccccc21. The van der Waals surface area contributed by atoms with E-state index in [0.717, 1.165) is 43.6 Å². The summed E-state index contributed by atoms with van der Waals surface area (Å²) in [6.45, 7) is 0. The number of hydrogen-bond donors (Lipinski definition) is 0. The molecular weight excluding hydrogens is 532 g/mol. The quantitative estimate of drug-likeness (QED) is 0.208. The van der Waals surface area contributed by atoms with Crippen molar-refractivity contribution in [3.8, 4) is 11.4 Å². The molecule has 9 rings (SSSR count). The van der Waals surface area contributed by atoms with Crippen molar-refractivity contribution < 1.29 is 9.59 Å². The maximum absolute atomic E-state index is 14.2. The molecule has 2 amide bonds. The minimum absolute atomic E-state index is 0.351. The van der Waals surface area contributed by atoms with E-state index in [1.807, 2.05) is 48.5 Å². The molecule has 6 nitrogen and oxygen atoms in total. The Hall–Kier alpha value is -6.01. The summed E-state index contributed by atoms with van der Waals surface area (Å²) in [4.78, 5) is 34.4. The number of imide groups is 1. The van der Waals surface area contributed by atoms with E-state index in [1.54, 1.807) is 36.7 Å². The minimum Gasteiger partial charge on any atom is -0.306 e. The van der Waals surface area contributed by atoms with Crippen LogP contribution >= 0.6 is 0 Å². The van der Waals surface area contributed by atoms with E-state index in [4.69, 9.17) is 4.98 Å². The van der Waals surface area contributed by atoms with E-state index >= 15 is 0 Å². The first kappa shape index (κ1) is 23.7. The highest BCUT2D eigenvalue weighted by Gasteiger charge is 2.40. The minimum atomic E-state index is -0.351. The van der Waals surface area contributed by atoms with Gasteiger partial charge in [0, 0.05) is 21.5 Å². The lowest BCUT2D eigenvalue weighted by molar-refractivity contribution is 0.0926. The molecule has 43 heavy (non-hydrogen) atoms. The van der Waals surface area contributed by atoms with Gasteiger partial charge in [0.2, 0.25) is 0 Å². The lowest BCUT2D eigenvalue weighted by atomic mass is 10.1. The molecule has 3 aromatic heterocycles. The average molecular weight is 555 g/mol. The van der Waals surface area contributed by atoms with Crippen molar-refractivity contribution in [3.63, 3.8) is 0 Å². The summed E-state index contributed by atoms with van der Waals surface area (Å²) < 4.78 is 4.24. The number of benzene rings is 5. The number of para-hydroxylation sites is 4. The Kier molecular flexibility index (Phi) is 4.81. The van der Waals surface area contributed by atoms with Crippen molar-refractivity contribution in [3.05, 3.63) is 145 Å². The molecule has 5 aromatic carbocycles. The maximum atomic E-state index is 14.2. The topological polar surface area (TPSA) is 60.1 Å². The second kappa shape index (κ2) is 8.74. The number of anilines is 1. The van der Waals surface area contributed by atoms with Crippen molar-refractivity contribution in [1.29, 1.82) is 0 Å². The van der Waals surface area contributed by atoms with E-state index in [9.17, 15) is 9.59 Å². The number of rotatable bonds is 3. The molecule has 0 spiro atoms. The van der Waals surface area contributed by atoms with Gasteiger partial charge in [-0.15, -0.1) is 0 Å². The largest absolute Gasteiger partial charge is 0.306 e. The zero-order valence-corrected chi connectivity index (χ0v) is 22.8. The predicted octanol–water partition coefficient (Wildman–Crippen LogP) is 8.08. The van der Waals surface area contributed by atoms with E-state index in [0.29, 0.717) is 28.2 Å². The van der Waals surface area contributed by atoms with Crippen LogP contribution in [0.25, 0.3) is 55.0 Å². The van der Waals surface area contributed by atoms with Gasteiger partial charge in [0.15, 0.2) is 0 Å². The van der Waals surface area contributed by atoms with Crippen LogP contribution in [0.2, 0.25) is 0 Å². The molecule has 0 atom stereocenters. The molecule has 0 N–H and O–H groups in total.